The van der Waals surface area contributed by atoms with Gasteiger partial charge in [0.25, 0.3) is 0 Å². The summed E-state index contributed by atoms with van der Waals surface area (Å²) >= 11 is 1.76. The summed E-state index contributed by atoms with van der Waals surface area (Å²) in [6, 6.07) is 2.18. The van der Waals surface area contributed by atoms with Gasteiger partial charge in [-0.25, -0.2) is 0 Å². The van der Waals surface area contributed by atoms with Gasteiger partial charge in [0.05, 0.1) is 0 Å². The Kier molecular flexibility index (Phi) is 2.41. The SMILES string of the molecule is CN(Cc1ccsc1)CC1(N)CC1. The van der Waals surface area contributed by atoms with Crippen LogP contribution < -0.4 is 5.73 Å². The van der Waals surface area contributed by atoms with Gasteiger partial charge >= 0.3 is 0 Å². The number of hydrogen-bond donors (Lipinski definition) is 1. The van der Waals surface area contributed by atoms with Crippen molar-refractivity contribution in [3.63, 3.8) is 0 Å². The van der Waals surface area contributed by atoms with E-state index in [-0.39, 0.29) is 5.54 Å². The van der Waals surface area contributed by atoms with E-state index in [1.54, 1.807) is 11.3 Å². The molecule has 0 unspecified atom stereocenters. The van der Waals surface area contributed by atoms with Crippen LogP contribution in [0.4, 0.5) is 0 Å². The number of nitrogens with two attached hydrogens (primary N) is 1. The summed E-state index contributed by atoms with van der Waals surface area (Å²) in [4.78, 5) is 2.31. The smallest absolute Gasteiger partial charge is 0.0284 e. The van der Waals surface area contributed by atoms with Gasteiger partial charge in [0.2, 0.25) is 0 Å². The Morgan fingerprint density at radius 3 is 2.92 bits per heavy atom. The van der Waals surface area contributed by atoms with E-state index in [0.717, 1.165) is 13.1 Å². The third kappa shape index (κ3) is 2.53. The topological polar surface area (TPSA) is 29.3 Å². The Morgan fingerprint density at radius 1 is 1.62 bits per heavy atom. The zero-order valence-electron chi connectivity index (χ0n) is 7.99. The van der Waals surface area contributed by atoms with Crippen LogP contribution >= 0.6 is 11.3 Å². The van der Waals surface area contributed by atoms with Gasteiger partial charge in [-0.05, 0) is 42.3 Å². The van der Waals surface area contributed by atoms with Crippen molar-refractivity contribution >= 4 is 11.3 Å². The van der Waals surface area contributed by atoms with Gasteiger partial charge in [0.15, 0.2) is 0 Å². The first-order valence-corrected chi connectivity index (χ1v) is 5.61. The van der Waals surface area contributed by atoms with Gasteiger partial charge in [0, 0.05) is 18.6 Å². The van der Waals surface area contributed by atoms with Crippen molar-refractivity contribution in [3.8, 4) is 0 Å². The molecular formula is C10H16N2S. The molecule has 3 heteroatoms. The van der Waals surface area contributed by atoms with E-state index in [2.05, 4.69) is 28.8 Å². The highest BCUT2D eigenvalue weighted by Crippen LogP contribution is 2.32. The zero-order valence-corrected chi connectivity index (χ0v) is 8.81. The average molecular weight is 196 g/mol. The average Bonchev–Trinajstić information content (AvgIpc) is 2.61. The van der Waals surface area contributed by atoms with Crippen LogP contribution in [0, 0.1) is 0 Å². The van der Waals surface area contributed by atoms with Crippen molar-refractivity contribution < 1.29 is 0 Å². The third-order valence-electron chi connectivity index (χ3n) is 2.51. The van der Waals surface area contributed by atoms with Crippen LogP contribution in [0.5, 0.6) is 0 Å². The zero-order chi connectivity index (χ0) is 9.31. The standard InChI is InChI=1S/C10H16N2S/c1-12(8-10(11)3-4-10)6-9-2-5-13-7-9/h2,5,7H,3-4,6,8,11H2,1H3. The summed E-state index contributed by atoms with van der Waals surface area (Å²) in [6.45, 7) is 2.06. The van der Waals surface area contributed by atoms with Crippen LogP contribution in [0.2, 0.25) is 0 Å². The molecule has 1 heterocycles. The summed E-state index contributed by atoms with van der Waals surface area (Å²) in [5.41, 5.74) is 7.58. The van der Waals surface area contributed by atoms with Gasteiger partial charge in [-0.15, -0.1) is 0 Å². The van der Waals surface area contributed by atoms with Crippen LogP contribution in [0.25, 0.3) is 0 Å². The molecule has 0 atom stereocenters. The van der Waals surface area contributed by atoms with Crippen LogP contribution in [0.15, 0.2) is 16.8 Å². The molecule has 72 valence electrons. The van der Waals surface area contributed by atoms with Crippen LogP contribution in [-0.2, 0) is 6.54 Å². The summed E-state index contributed by atoms with van der Waals surface area (Å²) in [5.74, 6) is 0. The first-order valence-electron chi connectivity index (χ1n) is 4.66. The summed E-state index contributed by atoms with van der Waals surface area (Å²) in [5, 5.41) is 4.32. The van der Waals surface area contributed by atoms with Gasteiger partial charge in [-0.1, -0.05) is 0 Å². The lowest BCUT2D eigenvalue weighted by atomic mass is 10.2. The predicted molar refractivity (Wildman–Crippen MR) is 56.8 cm³/mol. The molecule has 0 radical (unpaired) electrons. The van der Waals surface area contributed by atoms with Gasteiger partial charge in [-0.2, -0.15) is 11.3 Å². The number of rotatable bonds is 4. The molecule has 2 rings (SSSR count). The highest BCUT2D eigenvalue weighted by Gasteiger charge is 2.38. The Balaban J connectivity index is 1.81. The molecule has 1 aromatic rings. The molecule has 1 aliphatic rings. The predicted octanol–water partition coefficient (Wildman–Crippen LogP) is 1.67. The minimum Gasteiger partial charge on any atom is -0.324 e. The van der Waals surface area contributed by atoms with Crippen molar-refractivity contribution in [3.05, 3.63) is 22.4 Å². The van der Waals surface area contributed by atoms with Gasteiger partial charge in [0.1, 0.15) is 0 Å². The van der Waals surface area contributed by atoms with Gasteiger partial charge < -0.3 is 10.6 Å². The number of thiophene rings is 1. The van der Waals surface area contributed by atoms with Crippen molar-refractivity contribution in [2.24, 2.45) is 5.73 Å². The molecule has 2 nitrogen and oxygen atoms in total. The molecule has 1 aromatic heterocycles. The molecule has 13 heavy (non-hydrogen) atoms. The Morgan fingerprint density at radius 2 is 2.38 bits per heavy atom. The molecule has 0 bridgehead atoms. The largest absolute Gasteiger partial charge is 0.324 e. The minimum atomic E-state index is 0.144. The minimum absolute atomic E-state index is 0.144. The third-order valence-corrected chi connectivity index (χ3v) is 3.24. The number of likely N-dealkylation sites (N-methyl/N-ethyl adjacent to an activating group) is 1. The summed E-state index contributed by atoms with van der Waals surface area (Å²) in [7, 11) is 2.14. The molecule has 0 saturated heterocycles. The quantitative estimate of drug-likeness (QED) is 0.793. The molecule has 0 spiro atoms. The van der Waals surface area contributed by atoms with Crippen LogP contribution in [0.3, 0.4) is 0 Å². The molecule has 2 N–H and O–H groups in total. The fraction of sp³-hybridized carbons (Fsp3) is 0.600. The highest BCUT2D eigenvalue weighted by molar-refractivity contribution is 7.07. The van der Waals surface area contributed by atoms with Crippen molar-refractivity contribution in [2.75, 3.05) is 13.6 Å². The van der Waals surface area contributed by atoms with E-state index in [4.69, 9.17) is 5.73 Å². The lowest BCUT2D eigenvalue weighted by Crippen LogP contribution is -2.36. The van der Waals surface area contributed by atoms with Crippen molar-refractivity contribution in [2.45, 2.75) is 24.9 Å². The fourth-order valence-corrected chi connectivity index (χ4v) is 2.27. The molecule has 0 aliphatic heterocycles. The van der Waals surface area contributed by atoms with Crippen LogP contribution in [-0.4, -0.2) is 24.0 Å². The lowest BCUT2D eigenvalue weighted by Gasteiger charge is -2.19. The van der Waals surface area contributed by atoms with E-state index in [9.17, 15) is 0 Å². The summed E-state index contributed by atoms with van der Waals surface area (Å²) in [6.07, 6.45) is 2.39. The monoisotopic (exact) mass is 196 g/mol. The van der Waals surface area contributed by atoms with E-state index in [0.29, 0.717) is 0 Å². The van der Waals surface area contributed by atoms with Crippen LogP contribution in [0.1, 0.15) is 18.4 Å². The van der Waals surface area contributed by atoms with E-state index >= 15 is 0 Å². The molecule has 1 fully saturated rings. The second kappa shape index (κ2) is 3.40. The first kappa shape index (κ1) is 9.19. The molecule has 1 aliphatic carbocycles. The molecule has 1 saturated carbocycles. The van der Waals surface area contributed by atoms with E-state index in [1.165, 1.54) is 18.4 Å². The summed E-state index contributed by atoms with van der Waals surface area (Å²) < 4.78 is 0. The number of hydrogen-bond acceptors (Lipinski definition) is 3. The Hall–Kier alpha value is -0.380. The maximum absolute atomic E-state index is 6.04. The van der Waals surface area contributed by atoms with Gasteiger partial charge in [-0.3, -0.25) is 0 Å². The second-order valence-corrected chi connectivity index (χ2v) is 4.95. The van der Waals surface area contributed by atoms with E-state index in [1.807, 2.05) is 0 Å². The highest BCUT2D eigenvalue weighted by atomic mass is 32.1. The van der Waals surface area contributed by atoms with Crippen molar-refractivity contribution in [1.29, 1.82) is 0 Å². The molecular weight excluding hydrogens is 180 g/mol. The second-order valence-electron chi connectivity index (χ2n) is 4.17. The molecule has 0 aromatic carbocycles. The number of nitrogens with zero attached hydrogens (tertiary/aromatic N) is 1. The normalized spacial score (nSPS) is 19.3. The maximum atomic E-state index is 6.04. The molecule has 0 amide bonds. The Bertz CT molecular complexity index is 264. The maximum Gasteiger partial charge on any atom is 0.0284 e. The Labute approximate surface area is 83.4 Å². The first-order chi connectivity index (χ1) is 6.18. The van der Waals surface area contributed by atoms with E-state index < -0.39 is 0 Å². The van der Waals surface area contributed by atoms with Crippen molar-refractivity contribution in [1.82, 2.24) is 4.90 Å². The fourth-order valence-electron chi connectivity index (χ4n) is 1.61. The lowest BCUT2D eigenvalue weighted by molar-refractivity contribution is 0.296.